The summed E-state index contributed by atoms with van der Waals surface area (Å²) >= 11 is 5.78. The highest BCUT2D eigenvalue weighted by Crippen LogP contribution is 2.15. The molecule has 0 heterocycles. The third-order valence-corrected chi connectivity index (χ3v) is 3.58. The van der Waals surface area contributed by atoms with Gasteiger partial charge in [0.25, 0.3) is 0 Å². The third kappa shape index (κ3) is 6.69. The second-order valence-corrected chi connectivity index (χ2v) is 5.51. The van der Waals surface area contributed by atoms with Crippen molar-refractivity contribution in [3.8, 4) is 5.75 Å². The Labute approximate surface area is 130 Å². The maximum atomic E-state index is 11.8. The van der Waals surface area contributed by atoms with Crippen LogP contribution >= 0.6 is 11.6 Å². The monoisotopic (exact) mass is 314 g/mol. The van der Waals surface area contributed by atoms with Crippen molar-refractivity contribution in [1.82, 2.24) is 10.6 Å². The van der Waals surface area contributed by atoms with Crippen LogP contribution in [0.1, 0.15) is 26.7 Å². The fourth-order valence-corrected chi connectivity index (χ4v) is 1.88. The van der Waals surface area contributed by atoms with Gasteiger partial charge in [-0.25, -0.2) is 4.79 Å². The summed E-state index contributed by atoms with van der Waals surface area (Å²) in [4.78, 5) is 11.8. The van der Waals surface area contributed by atoms with E-state index < -0.39 is 5.54 Å². The molecule has 1 atom stereocenters. The molecule has 118 valence electrons. The van der Waals surface area contributed by atoms with Gasteiger partial charge in [0, 0.05) is 17.2 Å². The molecule has 1 rings (SSSR count). The number of urea groups is 1. The van der Waals surface area contributed by atoms with Crippen LogP contribution in [0.4, 0.5) is 4.79 Å². The highest BCUT2D eigenvalue weighted by Gasteiger charge is 2.23. The fraction of sp³-hybridized carbons (Fsp3) is 0.533. The van der Waals surface area contributed by atoms with E-state index in [1.54, 1.807) is 24.3 Å². The summed E-state index contributed by atoms with van der Waals surface area (Å²) in [6.45, 7) is 4.70. The van der Waals surface area contributed by atoms with Gasteiger partial charge in [-0.3, -0.25) is 0 Å². The molecule has 0 aliphatic rings. The topological polar surface area (TPSA) is 70.6 Å². The van der Waals surface area contributed by atoms with Crippen molar-refractivity contribution in [2.45, 2.75) is 32.2 Å². The molecule has 0 aromatic heterocycles. The van der Waals surface area contributed by atoms with Crippen molar-refractivity contribution in [2.24, 2.45) is 0 Å². The molecule has 0 spiro atoms. The zero-order chi connectivity index (χ0) is 15.7. The second-order valence-electron chi connectivity index (χ2n) is 5.07. The van der Waals surface area contributed by atoms with E-state index in [-0.39, 0.29) is 12.6 Å². The number of hydrogen-bond acceptors (Lipinski definition) is 3. The van der Waals surface area contributed by atoms with Crippen LogP contribution in [0, 0.1) is 0 Å². The summed E-state index contributed by atoms with van der Waals surface area (Å²) in [5.74, 6) is 0.709. The summed E-state index contributed by atoms with van der Waals surface area (Å²) in [6.07, 6.45) is 1.28. The molecular weight excluding hydrogens is 292 g/mol. The molecule has 0 fully saturated rings. The van der Waals surface area contributed by atoms with Gasteiger partial charge in [-0.2, -0.15) is 0 Å². The molecule has 0 bridgehead atoms. The number of ether oxygens (including phenoxy) is 1. The second kappa shape index (κ2) is 8.74. The number of benzene rings is 1. The molecular formula is C15H23ClN2O3. The summed E-state index contributed by atoms with van der Waals surface area (Å²) in [7, 11) is 0. The third-order valence-electron chi connectivity index (χ3n) is 3.33. The molecule has 1 unspecified atom stereocenters. The Hall–Kier alpha value is -1.46. The van der Waals surface area contributed by atoms with E-state index in [2.05, 4.69) is 10.6 Å². The summed E-state index contributed by atoms with van der Waals surface area (Å²) in [6, 6.07) is 6.79. The van der Waals surface area contributed by atoms with Crippen molar-refractivity contribution in [1.29, 1.82) is 0 Å². The van der Waals surface area contributed by atoms with Crippen LogP contribution in [0.2, 0.25) is 5.02 Å². The molecule has 1 aromatic carbocycles. The van der Waals surface area contributed by atoms with E-state index in [0.717, 1.165) is 6.42 Å². The van der Waals surface area contributed by atoms with Crippen LogP contribution in [0.3, 0.4) is 0 Å². The molecule has 0 aliphatic carbocycles. The lowest BCUT2D eigenvalue weighted by Crippen LogP contribution is -2.51. The average molecular weight is 315 g/mol. The minimum atomic E-state index is -0.393. The Morgan fingerprint density at radius 3 is 2.62 bits per heavy atom. The van der Waals surface area contributed by atoms with Crippen molar-refractivity contribution < 1.29 is 14.6 Å². The van der Waals surface area contributed by atoms with Gasteiger partial charge in [-0.15, -0.1) is 0 Å². The van der Waals surface area contributed by atoms with E-state index >= 15 is 0 Å². The highest BCUT2D eigenvalue weighted by molar-refractivity contribution is 6.30. The zero-order valence-electron chi connectivity index (χ0n) is 12.5. The van der Waals surface area contributed by atoms with Crippen molar-refractivity contribution in [3.05, 3.63) is 29.3 Å². The first-order valence-electron chi connectivity index (χ1n) is 7.04. The normalized spacial score (nSPS) is 13.3. The van der Waals surface area contributed by atoms with E-state index in [9.17, 15) is 4.79 Å². The highest BCUT2D eigenvalue weighted by atomic mass is 35.5. The SMILES string of the molecule is CCC(C)(CCO)NC(=O)NCCOc1ccc(Cl)cc1. The summed E-state index contributed by atoms with van der Waals surface area (Å²) in [5.41, 5.74) is -0.393. The van der Waals surface area contributed by atoms with Crippen LogP contribution in [-0.2, 0) is 0 Å². The van der Waals surface area contributed by atoms with Crippen LogP contribution in [-0.4, -0.2) is 36.4 Å². The Morgan fingerprint density at radius 2 is 2.05 bits per heavy atom. The number of nitrogens with one attached hydrogen (secondary N) is 2. The van der Waals surface area contributed by atoms with E-state index in [1.807, 2.05) is 13.8 Å². The number of amides is 2. The van der Waals surface area contributed by atoms with Gasteiger partial charge in [0.05, 0.1) is 6.54 Å². The van der Waals surface area contributed by atoms with Crippen LogP contribution in [0.25, 0.3) is 0 Å². The lowest BCUT2D eigenvalue weighted by Gasteiger charge is -2.29. The summed E-state index contributed by atoms with van der Waals surface area (Å²) < 4.78 is 5.47. The number of rotatable bonds is 8. The zero-order valence-corrected chi connectivity index (χ0v) is 13.2. The molecule has 3 N–H and O–H groups in total. The Balaban J connectivity index is 2.25. The fourth-order valence-electron chi connectivity index (χ4n) is 1.76. The molecule has 0 saturated carbocycles. The van der Waals surface area contributed by atoms with Crippen molar-refractivity contribution in [3.63, 3.8) is 0 Å². The summed E-state index contributed by atoms with van der Waals surface area (Å²) in [5, 5.41) is 15.3. The number of aliphatic hydroxyl groups excluding tert-OH is 1. The largest absolute Gasteiger partial charge is 0.492 e. The lowest BCUT2D eigenvalue weighted by atomic mass is 9.95. The molecule has 0 aliphatic heterocycles. The molecule has 21 heavy (non-hydrogen) atoms. The van der Waals surface area contributed by atoms with Crippen LogP contribution < -0.4 is 15.4 Å². The molecule has 1 aromatic rings. The maximum Gasteiger partial charge on any atom is 0.315 e. The first-order valence-corrected chi connectivity index (χ1v) is 7.42. The van der Waals surface area contributed by atoms with Crippen molar-refractivity contribution in [2.75, 3.05) is 19.8 Å². The van der Waals surface area contributed by atoms with Gasteiger partial charge in [0.15, 0.2) is 0 Å². The first kappa shape index (κ1) is 17.6. The van der Waals surface area contributed by atoms with Crippen molar-refractivity contribution >= 4 is 17.6 Å². The predicted octanol–water partition coefficient (Wildman–Crippen LogP) is 2.57. The minimum Gasteiger partial charge on any atom is -0.492 e. The van der Waals surface area contributed by atoms with Crippen LogP contribution in [0.15, 0.2) is 24.3 Å². The van der Waals surface area contributed by atoms with Gasteiger partial charge in [-0.05, 0) is 44.0 Å². The van der Waals surface area contributed by atoms with Crippen LogP contribution in [0.5, 0.6) is 5.75 Å². The molecule has 0 radical (unpaired) electrons. The smallest absolute Gasteiger partial charge is 0.315 e. The van der Waals surface area contributed by atoms with Gasteiger partial charge in [0.1, 0.15) is 12.4 Å². The Kier molecular flexibility index (Phi) is 7.32. The van der Waals surface area contributed by atoms with Gasteiger partial charge >= 0.3 is 6.03 Å². The molecule has 5 nitrogen and oxygen atoms in total. The molecule has 6 heteroatoms. The quantitative estimate of drug-likeness (QED) is 0.646. The molecule has 0 saturated heterocycles. The van der Waals surface area contributed by atoms with Gasteiger partial charge in [0.2, 0.25) is 0 Å². The maximum absolute atomic E-state index is 11.8. The standard InChI is InChI=1S/C15H23ClN2O3/c1-3-15(2,8-10-19)18-14(20)17-9-11-21-13-6-4-12(16)5-7-13/h4-7,19H,3,8-11H2,1-2H3,(H2,17,18,20). The van der Waals surface area contributed by atoms with E-state index in [1.165, 1.54) is 0 Å². The minimum absolute atomic E-state index is 0.0459. The Bertz CT molecular complexity index is 439. The van der Waals surface area contributed by atoms with E-state index in [0.29, 0.717) is 30.3 Å². The number of hydrogen-bond donors (Lipinski definition) is 3. The molecule has 2 amide bonds. The number of carbonyl (C=O) groups excluding carboxylic acids is 1. The number of aliphatic hydroxyl groups is 1. The predicted molar refractivity (Wildman–Crippen MR) is 83.9 cm³/mol. The number of halogens is 1. The van der Waals surface area contributed by atoms with E-state index in [4.69, 9.17) is 21.4 Å². The first-order chi connectivity index (χ1) is 9.99. The van der Waals surface area contributed by atoms with Gasteiger partial charge in [-0.1, -0.05) is 18.5 Å². The lowest BCUT2D eigenvalue weighted by molar-refractivity contribution is 0.199. The Morgan fingerprint density at radius 1 is 1.38 bits per heavy atom. The van der Waals surface area contributed by atoms with Gasteiger partial charge < -0.3 is 20.5 Å². The number of carbonyl (C=O) groups is 1. The average Bonchev–Trinajstić information content (AvgIpc) is 2.45.